The number of quaternary nitrogens is 1. The molecule has 0 aromatic heterocycles. The summed E-state index contributed by atoms with van der Waals surface area (Å²) < 4.78 is 5.18. The van der Waals surface area contributed by atoms with Gasteiger partial charge in [-0.2, -0.15) is 0 Å². The molecule has 0 bridgehead atoms. The summed E-state index contributed by atoms with van der Waals surface area (Å²) in [6, 6.07) is 19.8. The molecule has 0 spiro atoms. The molecule has 2 aromatic carbocycles. The quantitative estimate of drug-likeness (QED) is 0.792. The predicted molar refractivity (Wildman–Crippen MR) is 87.7 cm³/mol. The SMILES string of the molecule is COc1ccc(CC[C@@H](C)[NH2+]CCc2ccccc2)cc1. The highest BCUT2D eigenvalue weighted by Gasteiger charge is 2.05. The van der Waals surface area contributed by atoms with E-state index >= 15 is 0 Å². The number of methoxy groups -OCH3 is 1. The van der Waals surface area contributed by atoms with Crippen LogP contribution in [0.4, 0.5) is 0 Å². The molecule has 112 valence electrons. The van der Waals surface area contributed by atoms with Crippen LogP contribution in [0.3, 0.4) is 0 Å². The molecule has 2 aromatic rings. The minimum atomic E-state index is 0.663. The van der Waals surface area contributed by atoms with Crippen molar-refractivity contribution in [1.29, 1.82) is 0 Å². The molecule has 0 amide bonds. The molecule has 21 heavy (non-hydrogen) atoms. The van der Waals surface area contributed by atoms with Gasteiger partial charge in [0, 0.05) is 12.8 Å². The lowest BCUT2D eigenvalue weighted by atomic mass is 10.1. The molecule has 0 aliphatic heterocycles. The van der Waals surface area contributed by atoms with Crippen LogP contribution in [-0.2, 0) is 12.8 Å². The Kier molecular flexibility index (Phi) is 6.29. The summed E-state index contributed by atoms with van der Waals surface area (Å²) in [4.78, 5) is 0. The molecular formula is C19H26NO+. The van der Waals surface area contributed by atoms with Crippen molar-refractivity contribution in [2.75, 3.05) is 13.7 Å². The number of nitrogens with two attached hydrogens (primary N) is 1. The first kappa shape index (κ1) is 15.6. The first-order chi connectivity index (χ1) is 10.3. The first-order valence-corrected chi connectivity index (χ1v) is 7.78. The van der Waals surface area contributed by atoms with Crippen LogP contribution in [0.5, 0.6) is 5.75 Å². The van der Waals surface area contributed by atoms with Crippen molar-refractivity contribution in [3.63, 3.8) is 0 Å². The maximum atomic E-state index is 5.18. The monoisotopic (exact) mass is 284 g/mol. The second-order valence-electron chi connectivity index (χ2n) is 5.62. The Hall–Kier alpha value is -1.80. The molecule has 2 rings (SSSR count). The summed E-state index contributed by atoms with van der Waals surface area (Å²) in [7, 11) is 1.71. The van der Waals surface area contributed by atoms with Crippen LogP contribution in [0.1, 0.15) is 24.5 Å². The summed E-state index contributed by atoms with van der Waals surface area (Å²) in [6.07, 6.45) is 3.49. The number of aryl methyl sites for hydroxylation is 1. The molecule has 0 radical (unpaired) electrons. The van der Waals surface area contributed by atoms with Crippen LogP contribution in [-0.4, -0.2) is 19.7 Å². The molecule has 0 unspecified atom stereocenters. The van der Waals surface area contributed by atoms with E-state index in [0.29, 0.717) is 6.04 Å². The fourth-order valence-electron chi connectivity index (χ4n) is 2.48. The van der Waals surface area contributed by atoms with Gasteiger partial charge in [-0.25, -0.2) is 0 Å². The van der Waals surface area contributed by atoms with Gasteiger partial charge in [-0.3, -0.25) is 0 Å². The molecule has 0 saturated carbocycles. The van der Waals surface area contributed by atoms with E-state index in [-0.39, 0.29) is 0 Å². The van der Waals surface area contributed by atoms with Crippen LogP contribution in [0.2, 0.25) is 0 Å². The van der Waals surface area contributed by atoms with Crippen LogP contribution >= 0.6 is 0 Å². The standard InChI is InChI=1S/C19H25NO/c1-16(20-15-14-17-6-4-3-5-7-17)8-9-18-10-12-19(21-2)13-11-18/h3-7,10-13,16,20H,8-9,14-15H2,1-2H3/p+1/t16-/m1/s1. The molecule has 2 nitrogen and oxygen atoms in total. The highest BCUT2D eigenvalue weighted by atomic mass is 16.5. The van der Waals surface area contributed by atoms with Gasteiger partial charge in [0.05, 0.1) is 19.7 Å². The van der Waals surface area contributed by atoms with E-state index in [1.54, 1.807) is 7.11 Å². The van der Waals surface area contributed by atoms with Gasteiger partial charge in [0.25, 0.3) is 0 Å². The molecule has 2 heteroatoms. The van der Waals surface area contributed by atoms with E-state index in [4.69, 9.17) is 4.74 Å². The van der Waals surface area contributed by atoms with Crippen LogP contribution in [0, 0.1) is 0 Å². The van der Waals surface area contributed by atoms with Crippen molar-refractivity contribution in [2.45, 2.75) is 32.2 Å². The van der Waals surface area contributed by atoms with Gasteiger partial charge < -0.3 is 10.1 Å². The van der Waals surface area contributed by atoms with Crippen molar-refractivity contribution in [2.24, 2.45) is 0 Å². The maximum Gasteiger partial charge on any atom is 0.118 e. The van der Waals surface area contributed by atoms with E-state index in [0.717, 1.165) is 25.1 Å². The van der Waals surface area contributed by atoms with Crippen LogP contribution < -0.4 is 10.1 Å². The Balaban J connectivity index is 1.66. The summed E-state index contributed by atoms with van der Waals surface area (Å²) in [5.74, 6) is 0.932. The third kappa shape index (κ3) is 5.60. The van der Waals surface area contributed by atoms with Gasteiger partial charge in [0.2, 0.25) is 0 Å². The molecule has 2 N–H and O–H groups in total. The zero-order chi connectivity index (χ0) is 14.9. The Morgan fingerprint density at radius 2 is 1.57 bits per heavy atom. The Morgan fingerprint density at radius 3 is 2.24 bits per heavy atom. The van der Waals surface area contributed by atoms with E-state index in [2.05, 4.69) is 54.7 Å². The smallest absolute Gasteiger partial charge is 0.118 e. The Morgan fingerprint density at radius 1 is 0.905 bits per heavy atom. The molecule has 0 aliphatic rings. The number of benzene rings is 2. The van der Waals surface area contributed by atoms with E-state index in [1.165, 1.54) is 17.5 Å². The lowest BCUT2D eigenvalue weighted by molar-refractivity contribution is -0.686. The van der Waals surface area contributed by atoms with Crippen molar-refractivity contribution in [3.05, 3.63) is 65.7 Å². The lowest BCUT2D eigenvalue weighted by Gasteiger charge is -2.11. The fourth-order valence-corrected chi connectivity index (χ4v) is 2.48. The van der Waals surface area contributed by atoms with Gasteiger partial charge in [-0.1, -0.05) is 42.5 Å². The summed E-state index contributed by atoms with van der Waals surface area (Å²) in [5, 5.41) is 2.45. The summed E-state index contributed by atoms with van der Waals surface area (Å²) in [5.41, 5.74) is 2.82. The van der Waals surface area contributed by atoms with Gasteiger partial charge in [-0.15, -0.1) is 0 Å². The van der Waals surface area contributed by atoms with Crippen molar-refractivity contribution >= 4 is 0 Å². The van der Waals surface area contributed by atoms with E-state index < -0.39 is 0 Å². The highest BCUT2D eigenvalue weighted by molar-refractivity contribution is 5.27. The molecule has 0 aliphatic carbocycles. The third-order valence-corrected chi connectivity index (χ3v) is 3.89. The predicted octanol–water partition coefficient (Wildman–Crippen LogP) is 2.82. The minimum Gasteiger partial charge on any atom is -0.497 e. The number of hydrogen-bond acceptors (Lipinski definition) is 1. The zero-order valence-corrected chi connectivity index (χ0v) is 13.1. The van der Waals surface area contributed by atoms with Crippen molar-refractivity contribution in [3.8, 4) is 5.75 Å². The average Bonchev–Trinajstić information content (AvgIpc) is 2.54. The lowest BCUT2D eigenvalue weighted by Crippen LogP contribution is -2.89. The van der Waals surface area contributed by atoms with Crippen molar-refractivity contribution in [1.82, 2.24) is 0 Å². The first-order valence-electron chi connectivity index (χ1n) is 7.78. The fraction of sp³-hybridized carbons (Fsp3) is 0.368. The summed E-state index contributed by atoms with van der Waals surface area (Å²) in [6.45, 7) is 3.47. The normalized spacial score (nSPS) is 12.1. The van der Waals surface area contributed by atoms with Gasteiger partial charge in [0.1, 0.15) is 5.75 Å². The molecule has 0 saturated heterocycles. The molecule has 0 fully saturated rings. The topological polar surface area (TPSA) is 25.8 Å². The average molecular weight is 284 g/mol. The van der Waals surface area contributed by atoms with E-state index in [1.807, 2.05) is 12.1 Å². The number of rotatable bonds is 8. The maximum absolute atomic E-state index is 5.18. The number of hydrogen-bond donors (Lipinski definition) is 1. The van der Waals surface area contributed by atoms with Crippen LogP contribution in [0.15, 0.2) is 54.6 Å². The Bertz CT molecular complexity index is 507. The van der Waals surface area contributed by atoms with Crippen LogP contribution in [0.25, 0.3) is 0 Å². The van der Waals surface area contributed by atoms with E-state index in [9.17, 15) is 0 Å². The number of ether oxygens (including phenoxy) is 1. The highest BCUT2D eigenvalue weighted by Crippen LogP contribution is 2.12. The minimum absolute atomic E-state index is 0.663. The van der Waals surface area contributed by atoms with Gasteiger partial charge in [-0.05, 0) is 36.6 Å². The zero-order valence-electron chi connectivity index (χ0n) is 13.1. The second kappa shape index (κ2) is 8.48. The molecule has 0 heterocycles. The Labute approximate surface area is 128 Å². The second-order valence-corrected chi connectivity index (χ2v) is 5.62. The summed E-state index contributed by atoms with van der Waals surface area (Å²) >= 11 is 0. The molecular weight excluding hydrogens is 258 g/mol. The van der Waals surface area contributed by atoms with Gasteiger partial charge >= 0.3 is 0 Å². The van der Waals surface area contributed by atoms with Crippen molar-refractivity contribution < 1.29 is 10.1 Å². The third-order valence-electron chi connectivity index (χ3n) is 3.89. The van der Waals surface area contributed by atoms with Gasteiger partial charge in [0.15, 0.2) is 0 Å². The largest absolute Gasteiger partial charge is 0.497 e. The molecule has 1 atom stereocenters.